The fourth-order valence-electron chi connectivity index (χ4n) is 3.65. The first kappa shape index (κ1) is 20.6. The van der Waals surface area contributed by atoms with Gasteiger partial charge in [-0.25, -0.2) is 0 Å². The average Bonchev–Trinajstić information content (AvgIpc) is 2.79. The van der Waals surface area contributed by atoms with Crippen molar-refractivity contribution in [3.8, 4) is 33.4 Å². The monoisotopic (exact) mass is 514 g/mol. The van der Waals surface area contributed by atoms with Crippen molar-refractivity contribution in [2.75, 3.05) is 0 Å². The molecule has 0 atom stereocenters. The van der Waals surface area contributed by atoms with Gasteiger partial charge in [0.15, 0.2) is 0 Å². The molecule has 0 N–H and O–H groups in total. The molecule has 0 saturated carbocycles. The zero-order valence-corrected chi connectivity index (χ0v) is 19.6. The second-order valence-electron chi connectivity index (χ2n) is 7.04. The summed E-state index contributed by atoms with van der Waals surface area (Å²) in [6.45, 7) is 7.84. The number of hydrogen-bond donors (Lipinski definition) is 0. The van der Waals surface area contributed by atoms with E-state index < -0.39 is 0 Å². The average molecular weight is 516 g/mol. The zero-order valence-electron chi connectivity index (χ0n) is 16.4. The van der Waals surface area contributed by atoms with Gasteiger partial charge in [-0.2, -0.15) is 0 Å². The van der Waals surface area contributed by atoms with Crippen LogP contribution < -0.4 is 0 Å². The molecule has 0 aromatic heterocycles. The largest absolute Gasteiger partial charge is 0.0985 e. The Kier molecular flexibility index (Phi) is 6.17. The summed E-state index contributed by atoms with van der Waals surface area (Å²) in [6, 6.07) is 29.9. The van der Waals surface area contributed by atoms with Crippen molar-refractivity contribution < 1.29 is 0 Å². The van der Waals surface area contributed by atoms with Crippen molar-refractivity contribution in [1.29, 1.82) is 0 Å². The van der Waals surface area contributed by atoms with Crippen LogP contribution in [0.5, 0.6) is 0 Å². The number of rotatable bonds is 5. The molecule has 0 aliphatic carbocycles. The van der Waals surface area contributed by atoms with E-state index in [9.17, 15) is 0 Å². The summed E-state index contributed by atoms with van der Waals surface area (Å²) >= 11 is 7.35. The van der Waals surface area contributed by atoms with Gasteiger partial charge in [0.1, 0.15) is 0 Å². The highest BCUT2D eigenvalue weighted by Crippen LogP contribution is 2.41. The molecule has 0 amide bonds. The highest BCUT2D eigenvalue weighted by Gasteiger charge is 2.14. The third-order valence-corrected chi connectivity index (χ3v) is 6.11. The molecule has 0 aliphatic heterocycles. The Hall–Kier alpha value is -2.68. The highest BCUT2D eigenvalue weighted by atomic mass is 79.9. The van der Waals surface area contributed by atoms with Gasteiger partial charge in [0.25, 0.3) is 0 Å². The Balaban J connectivity index is 1.99. The molecule has 2 heteroatoms. The van der Waals surface area contributed by atoms with Crippen molar-refractivity contribution >= 4 is 44.0 Å². The maximum Gasteiger partial charge on any atom is 0.0181 e. The first-order valence-electron chi connectivity index (χ1n) is 9.64. The number of hydrogen-bond acceptors (Lipinski definition) is 0. The quantitative estimate of drug-likeness (QED) is 0.248. The van der Waals surface area contributed by atoms with Gasteiger partial charge < -0.3 is 0 Å². The highest BCUT2D eigenvalue weighted by molar-refractivity contribution is 9.10. The molecule has 0 radical (unpaired) electrons. The lowest BCUT2D eigenvalue weighted by atomic mass is 9.88. The Labute approximate surface area is 194 Å². The first-order valence-corrected chi connectivity index (χ1v) is 11.2. The molecule has 146 valence electrons. The van der Waals surface area contributed by atoms with E-state index in [-0.39, 0.29) is 0 Å². The predicted molar refractivity (Wildman–Crippen MR) is 138 cm³/mol. The van der Waals surface area contributed by atoms with E-state index in [4.69, 9.17) is 0 Å². The third-order valence-electron chi connectivity index (χ3n) is 5.12. The standard InChI is InChI=1S/C28H20Br2/c1-3-19-7-5-9-21(15-19)25-13-11-23(29)17-27(25)28-18-24(30)12-14-26(28)22-10-6-8-20(4-2)16-22/h3-18H,1-2H2. The van der Waals surface area contributed by atoms with Crippen molar-refractivity contribution in [3.05, 3.63) is 118 Å². The second-order valence-corrected chi connectivity index (χ2v) is 8.87. The van der Waals surface area contributed by atoms with Gasteiger partial charge in [0.05, 0.1) is 0 Å². The van der Waals surface area contributed by atoms with E-state index in [1.807, 2.05) is 12.2 Å². The molecule has 0 fully saturated rings. The third kappa shape index (κ3) is 4.26. The number of benzene rings is 4. The maximum absolute atomic E-state index is 3.92. The summed E-state index contributed by atoms with van der Waals surface area (Å²) < 4.78 is 2.10. The van der Waals surface area contributed by atoms with Crippen molar-refractivity contribution in [1.82, 2.24) is 0 Å². The van der Waals surface area contributed by atoms with Crippen molar-refractivity contribution in [3.63, 3.8) is 0 Å². The molecular weight excluding hydrogens is 496 g/mol. The maximum atomic E-state index is 3.92. The van der Waals surface area contributed by atoms with E-state index in [1.54, 1.807) is 0 Å². The van der Waals surface area contributed by atoms with E-state index in [0.717, 1.165) is 20.1 Å². The van der Waals surface area contributed by atoms with Gasteiger partial charge in [-0.3, -0.25) is 0 Å². The van der Waals surface area contributed by atoms with Gasteiger partial charge in [-0.15, -0.1) is 0 Å². The van der Waals surface area contributed by atoms with Crippen LogP contribution in [-0.4, -0.2) is 0 Å². The first-order chi connectivity index (χ1) is 14.6. The van der Waals surface area contributed by atoms with Gasteiger partial charge in [-0.05, 0) is 80.9 Å². The minimum Gasteiger partial charge on any atom is -0.0985 e. The van der Waals surface area contributed by atoms with Gasteiger partial charge in [0.2, 0.25) is 0 Å². The summed E-state index contributed by atoms with van der Waals surface area (Å²) in [4.78, 5) is 0. The fourth-order valence-corrected chi connectivity index (χ4v) is 4.37. The fraction of sp³-hybridized carbons (Fsp3) is 0. The molecular formula is C28H20Br2. The van der Waals surface area contributed by atoms with Crippen LogP contribution in [0.15, 0.2) is 107 Å². The lowest BCUT2D eigenvalue weighted by molar-refractivity contribution is 1.53. The smallest absolute Gasteiger partial charge is 0.0181 e. The Morgan fingerprint density at radius 2 is 0.933 bits per heavy atom. The van der Waals surface area contributed by atoms with E-state index in [0.29, 0.717) is 0 Å². The molecule has 0 bridgehead atoms. The molecule has 0 saturated heterocycles. The second kappa shape index (κ2) is 8.99. The molecule has 0 aliphatic rings. The van der Waals surface area contributed by atoms with E-state index >= 15 is 0 Å². The van der Waals surface area contributed by atoms with Gasteiger partial charge >= 0.3 is 0 Å². The van der Waals surface area contributed by atoms with Crippen LogP contribution in [-0.2, 0) is 0 Å². The van der Waals surface area contributed by atoms with Gasteiger partial charge in [0, 0.05) is 8.95 Å². The van der Waals surface area contributed by atoms with Crippen LogP contribution in [0.2, 0.25) is 0 Å². The zero-order chi connectivity index (χ0) is 21.1. The minimum atomic E-state index is 1.05. The van der Waals surface area contributed by atoms with Crippen molar-refractivity contribution in [2.24, 2.45) is 0 Å². The van der Waals surface area contributed by atoms with Crippen LogP contribution in [0.3, 0.4) is 0 Å². The molecule has 4 aromatic rings. The SMILES string of the molecule is C=Cc1cccc(-c2ccc(Br)cc2-c2cc(Br)ccc2-c2cccc(C=C)c2)c1. The van der Waals surface area contributed by atoms with Crippen LogP contribution in [0, 0.1) is 0 Å². The summed E-state index contributed by atoms with van der Waals surface area (Å²) in [5.41, 5.74) is 9.25. The predicted octanol–water partition coefficient (Wildman–Crippen LogP) is 9.50. The Morgan fingerprint density at radius 1 is 0.500 bits per heavy atom. The topological polar surface area (TPSA) is 0 Å². The summed E-state index contributed by atoms with van der Waals surface area (Å²) in [5, 5.41) is 0. The van der Waals surface area contributed by atoms with Crippen LogP contribution >= 0.6 is 31.9 Å². The number of halogens is 2. The molecule has 4 rings (SSSR count). The molecule has 4 aromatic carbocycles. The Morgan fingerprint density at radius 3 is 1.33 bits per heavy atom. The van der Waals surface area contributed by atoms with Crippen LogP contribution in [0.25, 0.3) is 45.5 Å². The molecule has 0 nitrogen and oxygen atoms in total. The van der Waals surface area contributed by atoms with Gasteiger partial charge in [-0.1, -0.05) is 106 Å². The normalized spacial score (nSPS) is 10.6. The summed E-state index contributed by atoms with van der Waals surface area (Å²) in [6.07, 6.45) is 3.76. The molecule has 0 heterocycles. The minimum absolute atomic E-state index is 1.05. The summed E-state index contributed by atoms with van der Waals surface area (Å²) in [5.74, 6) is 0. The van der Waals surface area contributed by atoms with Crippen molar-refractivity contribution in [2.45, 2.75) is 0 Å². The lowest BCUT2D eigenvalue weighted by Gasteiger charge is -2.16. The van der Waals surface area contributed by atoms with Crippen LogP contribution in [0.4, 0.5) is 0 Å². The van der Waals surface area contributed by atoms with Crippen LogP contribution in [0.1, 0.15) is 11.1 Å². The Bertz CT molecular complexity index is 1150. The van der Waals surface area contributed by atoms with E-state index in [2.05, 4.69) is 130 Å². The molecule has 30 heavy (non-hydrogen) atoms. The molecule has 0 spiro atoms. The van der Waals surface area contributed by atoms with E-state index in [1.165, 1.54) is 33.4 Å². The summed E-state index contributed by atoms with van der Waals surface area (Å²) in [7, 11) is 0. The lowest BCUT2D eigenvalue weighted by Crippen LogP contribution is -1.91. The molecule has 0 unspecified atom stereocenters.